The predicted octanol–water partition coefficient (Wildman–Crippen LogP) is 1.03. The third kappa shape index (κ3) is 5.07. The lowest BCUT2D eigenvalue weighted by Crippen LogP contribution is -3.16. The molecule has 1 atom stereocenters. The van der Waals surface area contributed by atoms with E-state index in [9.17, 15) is 9.90 Å². The fraction of sp³-hybridized carbons (Fsp3) is 0.381. The minimum atomic E-state index is -0.499. The molecule has 2 aromatic carbocycles. The van der Waals surface area contributed by atoms with Crippen LogP contribution in [0.15, 0.2) is 54.6 Å². The molecule has 0 spiro atoms. The number of piperazine rings is 1. The van der Waals surface area contributed by atoms with Crippen LogP contribution < -0.4 is 14.5 Å². The SMILES string of the molecule is CC(=O)c1ccc(OCC(O)C[NH+]2CCN(c3ccccc3)CC2)cc1. The van der Waals surface area contributed by atoms with Gasteiger partial charge in [-0.15, -0.1) is 0 Å². The number of aliphatic hydroxyl groups excluding tert-OH is 1. The van der Waals surface area contributed by atoms with Crippen LogP contribution in [-0.4, -0.2) is 56.3 Å². The number of ether oxygens (including phenoxy) is 1. The topological polar surface area (TPSA) is 54.2 Å². The number of hydrogen-bond donors (Lipinski definition) is 2. The van der Waals surface area contributed by atoms with E-state index in [4.69, 9.17) is 4.74 Å². The maximum Gasteiger partial charge on any atom is 0.159 e. The molecule has 1 fully saturated rings. The molecule has 1 heterocycles. The van der Waals surface area contributed by atoms with Crippen LogP contribution in [0.5, 0.6) is 5.75 Å². The van der Waals surface area contributed by atoms with E-state index in [1.165, 1.54) is 10.6 Å². The van der Waals surface area contributed by atoms with Crippen LogP contribution in [0.2, 0.25) is 0 Å². The second-order valence-electron chi connectivity index (χ2n) is 6.82. The first-order chi connectivity index (χ1) is 12.6. The zero-order chi connectivity index (χ0) is 18.4. The van der Waals surface area contributed by atoms with Crippen LogP contribution in [0.25, 0.3) is 0 Å². The van der Waals surface area contributed by atoms with Gasteiger partial charge >= 0.3 is 0 Å². The van der Waals surface area contributed by atoms with Crippen molar-refractivity contribution < 1.29 is 19.5 Å². The van der Waals surface area contributed by atoms with Gasteiger partial charge in [0.25, 0.3) is 0 Å². The maximum atomic E-state index is 11.3. The fourth-order valence-electron chi connectivity index (χ4n) is 3.29. The lowest BCUT2D eigenvalue weighted by atomic mass is 10.1. The summed E-state index contributed by atoms with van der Waals surface area (Å²) in [6, 6.07) is 17.5. The minimum Gasteiger partial charge on any atom is -0.491 e. The number of quaternary nitrogens is 1. The molecule has 1 aliphatic heterocycles. The Labute approximate surface area is 154 Å². The van der Waals surface area contributed by atoms with Crippen molar-refractivity contribution in [3.63, 3.8) is 0 Å². The number of carbonyl (C=O) groups is 1. The number of benzene rings is 2. The van der Waals surface area contributed by atoms with Crippen LogP contribution >= 0.6 is 0 Å². The first-order valence-corrected chi connectivity index (χ1v) is 9.17. The Balaban J connectivity index is 1.40. The molecular formula is C21H27N2O3+. The summed E-state index contributed by atoms with van der Waals surface area (Å²) >= 11 is 0. The van der Waals surface area contributed by atoms with Crippen molar-refractivity contribution in [1.82, 2.24) is 0 Å². The molecule has 138 valence electrons. The molecule has 0 amide bonds. The number of rotatable bonds is 7. The van der Waals surface area contributed by atoms with E-state index in [0.29, 0.717) is 17.9 Å². The smallest absolute Gasteiger partial charge is 0.159 e. The van der Waals surface area contributed by atoms with Gasteiger partial charge in [0.2, 0.25) is 0 Å². The molecule has 5 heteroatoms. The molecule has 1 aliphatic rings. The van der Waals surface area contributed by atoms with Crippen molar-refractivity contribution in [3.8, 4) is 5.75 Å². The Morgan fingerprint density at radius 2 is 1.77 bits per heavy atom. The average Bonchev–Trinajstić information content (AvgIpc) is 2.68. The van der Waals surface area contributed by atoms with Gasteiger partial charge in [0.05, 0.1) is 26.2 Å². The summed E-state index contributed by atoms with van der Waals surface area (Å²) < 4.78 is 5.65. The monoisotopic (exact) mass is 355 g/mol. The number of nitrogens with zero attached hydrogens (tertiary/aromatic N) is 1. The van der Waals surface area contributed by atoms with Gasteiger partial charge in [0.15, 0.2) is 5.78 Å². The van der Waals surface area contributed by atoms with E-state index in [1.807, 2.05) is 6.07 Å². The van der Waals surface area contributed by atoms with Crippen molar-refractivity contribution in [1.29, 1.82) is 0 Å². The van der Waals surface area contributed by atoms with Gasteiger partial charge < -0.3 is 19.6 Å². The van der Waals surface area contributed by atoms with E-state index in [-0.39, 0.29) is 12.4 Å². The second kappa shape index (κ2) is 8.83. The highest BCUT2D eigenvalue weighted by Gasteiger charge is 2.22. The van der Waals surface area contributed by atoms with Gasteiger partial charge in [0.1, 0.15) is 25.0 Å². The number of ketones is 1. The standard InChI is InChI=1S/C21H26N2O3/c1-17(24)18-7-9-21(10-8-18)26-16-20(25)15-22-11-13-23(14-12-22)19-5-3-2-4-6-19/h2-10,20,25H,11-16H2,1H3/p+1. The van der Waals surface area contributed by atoms with Gasteiger partial charge in [-0.1, -0.05) is 18.2 Å². The first-order valence-electron chi connectivity index (χ1n) is 9.17. The summed E-state index contributed by atoms with van der Waals surface area (Å²) in [5.74, 6) is 0.716. The highest BCUT2D eigenvalue weighted by molar-refractivity contribution is 5.94. The Kier molecular flexibility index (Phi) is 6.26. The minimum absolute atomic E-state index is 0.0369. The summed E-state index contributed by atoms with van der Waals surface area (Å²) in [5, 5.41) is 10.3. The summed E-state index contributed by atoms with van der Waals surface area (Å²) in [6.07, 6.45) is -0.499. The summed E-state index contributed by atoms with van der Waals surface area (Å²) in [4.78, 5) is 15.1. The Hall–Kier alpha value is -2.37. The van der Waals surface area contributed by atoms with E-state index >= 15 is 0 Å². The Bertz CT molecular complexity index is 695. The van der Waals surface area contributed by atoms with Crippen LogP contribution in [0.3, 0.4) is 0 Å². The van der Waals surface area contributed by atoms with Gasteiger partial charge in [0, 0.05) is 11.3 Å². The van der Waals surface area contributed by atoms with Crippen LogP contribution in [0.1, 0.15) is 17.3 Å². The number of para-hydroxylation sites is 1. The van der Waals surface area contributed by atoms with Crippen molar-refractivity contribution >= 4 is 11.5 Å². The van der Waals surface area contributed by atoms with E-state index in [2.05, 4.69) is 29.2 Å². The number of anilines is 1. The van der Waals surface area contributed by atoms with Crippen molar-refractivity contribution in [2.24, 2.45) is 0 Å². The largest absolute Gasteiger partial charge is 0.491 e. The van der Waals surface area contributed by atoms with Crippen molar-refractivity contribution in [2.45, 2.75) is 13.0 Å². The average molecular weight is 355 g/mol. The molecule has 26 heavy (non-hydrogen) atoms. The number of carbonyl (C=O) groups excluding carboxylic acids is 1. The molecular weight excluding hydrogens is 328 g/mol. The highest BCUT2D eigenvalue weighted by Crippen LogP contribution is 2.13. The zero-order valence-electron chi connectivity index (χ0n) is 15.2. The number of nitrogens with one attached hydrogen (secondary N) is 1. The van der Waals surface area contributed by atoms with Gasteiger partial charge in [-0.05, 0) is 43.3 Å². The molecule has 0 aromatic heterocycles. The Morgan fingerprint density at radius 3 is 2.38 bits per heavy atom. The van der Waals surface area contributed by atoms with Crippen molar-refractivity contribution in [3.05, 3.63) is 60.2 Å². The fourth-order valence-corrected chi connectivity index (χ4v) is 3.29. The third-order valence-electron chi connectivity index (χ3n) is 4.82. The summed E-state index contributed by atoms with van der Waals surface area (Å²) in [7, 11) is 0. The van der Waals surface area contributed by atoms with Crippen molar-refractivity contribution in [2.75, 3.05) is 44.2 Å². The van der Waals surface area contributed by atoms with Gasteiger partial charge in [-0.3, -0.25) is 4.79 Å². The third-order valence-corrected chi connectivity index (χ3v) is 4.82. The van der Waals surface area contributed by atoms with Crippen LogP contribution in [-0.2, 0) is 0 Å². The van der Waals surface area contributed by atoms with Crippen LogP contribution in [0, 0.1) is 0 Å². The van der Waals surface area contributed by atoms with Crippen LogP contribution in [0.4, 0.5) is 5.69 Å². The van der Waals surface area contributed by atoms with E-state index in [1.54, 1.807) is 31.2 Å². The molecule has 3 rings (SSSR count). The van der Waals surface area contributed by atoms with Gasteiger partial charge in [-0.25, -0.2) is 0 Å². The molecule has 2 aromatic rings. The molecule has 0 radical (unpaired) electrons. The summed E-state index contributed by atoms with van der Waals surface area (Å²) in [5.41, 5.74) is 1.93. The van der Waals surface area contributed by atoms with E-state index < -0.39 is 6.10 Å². The number of hydrogen-bond acceptors (Lipinski definition) is 4. The number of aliphatic hydroxyl groups is 1. The number of Topliss-reactive ketones (excluding diaryl/α,β-unsaturated/α-hetero) is 1. The van der Waals surface area contributed by atoms with E-state index in [0.717, 1.165) is 26.2 Å². The molecule has 1 saturated heterocycles. The first kappa shape index (κ1) is 18.4. The lowest BCUT2D eigenvalue weighted by Gasteiger charge is -2.34. The highest BCUT2D eigenvalue weighted by atomic mass is 16.5. The normalized spacial score (nSPS) is 16.3. The second-order valence-corrected chi connectivity index (χ2v) is 6.82. The molecule has 0 aliphatic carbocycles. The molecule has 0 saturated carbocycles. The summed E-state index contributed by atoms with van der Waals surface area (Å²) in [6.45, 7) is 6.52. The lowest BCUT2D eigenvalue weighted by molar-refractivity contribution is -0.903. The maximum absolute atomic E-state index is 11.3. The molecule has 0 bridgehead atoms. The zero-order valence-corrected chi connectivity index (χ0v) is 15.2. The molecule has 5 nitrogen and oxygen atoms in total. The van der Waals surface area contributed by atoms with Gasteiger partial charge in [-0.2, -0.15) is 0 Å². The predicted molar refractivity (Wildman–Crippen MR) is 102 cm³/mol. The quantitative estimate of drug-likeness (QED) is 0.729. The molecule has 1 unspecified atom stereocenters. The molecule has 2 N–H and O–H groups in total. The Morgan fingerprint density at radius 1 is 1.12 bits per heavy atom.